The van der Waals surface area contributed by atoms with Gasteiger partial charge in [-0.2, -0.15) is 0 Å². The smallest absolute Gasteiger partial charge is 0.126 e. The van der Waals surface area contributed by atoms with E-state index in [0.29, 0.717) is 0 Å². The number of hydrogen-bond donors (Lipinski definition) is 0. The Kier molecular flexibility index (Phi) is 5.62. The van der Waals surface area contributed by atoms with E-state index in [0.717, 1.165) is 0 Å². The first kappa shape index (κ1) is 12.4. The lowest BCUT2D eigenvalue weighted by Gasteiger charge is -2.28. The molecule has 0 aromatic rings. The van der Waals surface area contributed by atoms with Gasteiger partial charge in [0.05, 0.1) is 0 Å². The average Bonchev–Trinajstić information content (AvgIpc) is 1.84. The Morgan fingerprint density at radius 3 is 1.20 bits per heavy atom. The summed E-state index contributed by atoms with van der Waals surface area (Å²) in [6, 6.07) is 2.52. The first-order chi connectivity index (χ1) is 4.37. The molecule has 0 rings (SSSR count). The fourth-order valence-corrected chi connectivity index (χ4v) is 19.5. The van der Waals surface area contributed by atoms with Gasteiger partial charge in [0.2, 0.25) is 0 Å². The molecule has 0 spiro atoms. The number of hydrogen-bond acceptors (Lipinski definition) is 0. The summed E-state index contributed by atoms with van der Waals surface area (Å²) in [5.74, 6) is 0. The molecule has 0 radical (unpaired) electrons. The predicted molar refractivity (Wildman–Crippen MR) is 68.2 cm³/mol. The van der Waals surface area contributed by atoms with Crippen LogP contribution in [0.15, 0.2) is 0 Å². The van der Waals surface area contributed by atoms with Gasteiger partial charge in [-0.1, -0.05) is 71.8 Å². The third-order valence-electron chi connectivity index (χ3n) is 1.63. The van der Waals surface area contributed by atoms with Crippen LogP contribution in [-0.2, 0) is 0 Å². The minimum absolute atomic E-state index is 1.20. The molecule has 0 aromatic carbocycles. The Labute approximate surface area is 95.7 Å². The molecule has 0 fully saturated rings. The van der Waals surface area contributed by atoms with E-state index < -0.39 is 9.66 Å². The first-order valence-corrected chi connectivity index (χ1v) is 17.6. The summed E-state index contributed by atoms with van der Waals surface area (Å²) in [4.78, 5) is 0. The van der Waals surface area contributed by atoms with Gasteiger partial charge in [-0.3, -0.25) is 0 Å². The van der Waals surface area contributed by atoms with Crippen LogP contribution in [-0.4, -0.2) is 9.66 Å². The molecule has 0 saturated carbocycles. The second-order valence-electron chi connectivity index (χ2n) is 2.17. The molecule has 6 heteroatoms. The van der Waals surface area contributed by atoms with Crippen molar-refractivity contribution < 1.29 is 0 Å². The third kappa shape index (κ3) is 3.01. The quantitative estimate of drug-likeness (QED) is 0.452. The lowest BCUT2D eigenvalue weighted by atomic mass is 11.0. The van der Waals surface area contributed by atoms with Crippen LogP contribution in [0.3, 0.4) is 0 Å². The highest BCUT2D eigenvalue weighted by atomic mass is 80.0. The molecule has 0 heterocycles. The molecule has 0 amide bonds. The molecule has 0 aliphatic rings. The van der Waals surface area contributed by atoms with Crippen LogP contribution in [0.5, 0.6) is 0 Å². The van der Waals surface area contributed by atoms with E-state index in [1.807, 2.05) is 0 Å². The highest BCUT2D eigenvalue weighted by Gasteiger charge is 2.47. The Morgan fingerprint density at radius 1 is 0.900 bits per heavy atom. The van der Waals surface area contributed by atoms with E-state index in [2.05, 4.69) is 75.0 Å². The van der Waals surface area contributed by atoms with Gasteiger partial charge >= 0.3 is 0 Å². The molecule has 0 aliphatic carbocycles. The van der Waals surface area contributed by atoms with Crippen molar-refractivity contribution in [3.8, 4) is 0 Å². The van der Waals surface area contributed by atoms with Gasteiger partial charge in [0.25, 0.3) is 3.45 Å². The van der Waals surface area contributed by atoms with Crippen LogP contribution < -0.4 is 0 Å². The SMILES string of the molecule is CC[Si](Br)(CC)[Si](Br)(Br)Br. The van der Waals surface area contributed by atoms with E-state index in [4.69, 9.17) is 0 Å². The maximum atomic E-state index is 3.86. The third-order valence-corrected chi connectivity index (χ3v) is 53.6. The molecule has 0 saturated heterocycles. The van der Waals surface area contributed by atoms with Gasteiger partial charge in [0, 0.05) is 0 Å². The Bertz CT molecular complexity index is 106. The predicted octanol–water partition coefficient (Wildman–Crippen LogP) is 4.57. The molecule has 10 heavy (non-hydrogen) atoms. The monoisotopic (exact) mass is 430 g/mol. The highest BCUT2D eigenvalue weighted by molar-refractivity contribution is 9.76. The van der Waals surface area contributed by atoms with Crippen molar-refractivity contribution in [1.29, 1.82) is 0 Å². The van der Waals surface area contributed by atoms with E-state index in [9.17, 15) is 0 Å². The molecule has 62 valence electrons. The molecule has 0 atom stereocenters. The van der Waals surface area contributed by atoms with Crippen LogP contribution in [0.1, 0.15) is 13.8 Å². The number of rotatable bonds is 3. The van der Waals surface area contributed by atoms with Gasteiger partial charge in [0.15, 0.2) is 6.21 Å². The molecular formula is C4H10Br4Si2. The van der Waals surface area contributed by atoms with Crippen LogP contribution in [0.25, 0.3) is 0 Å². The van der Waals surface area contributed by atoms with Gasteiger partial charge < -0.3 is 0 Å². The molecule has 0 aliphatic heterocycles. The summed E-state index contributed by atoms with van der Waals surface area (Å²) in [5.41, 5.74) is 0. The largest absolute Gasteiger partial charge is 0.266 e. The van der Waals surface area contributed by atoms with Crippen molar-refractivity contribution in [3.63, 3.8) is 0 Å². The fraction of sp³-hybridized carbons (Fsp3) is 1.00. The zero-order valence-electron chi connectivity index (χ0n) is 5.93. The normalized spacial score (nSPS) is 13.8. The maximum absolute atomic E-state index is 3.86. The fourth-order valence-electron chi connectivity index (χ4n) is 0.651. The van der Waals surface area contributed by atoms with Crippen LogP contribution in [0, 0.1) is 0 Å². The van der Waals surface area contributed by atoms with Crippen molar-refractivity contribution in [3.05, 3.63) is 0 Å². The van der Waals surface area contributed by atoms with Gasteiger partial charge in [0.1, 0.15) is 0 Å². The topological polar surface area (TPSA) is 0 Å². The van der Waals surface area contributed by atoms with E-state index in [1.54, 1.807) is 0 Å². The van der Waals surface area contributed by atoms with E-state index >= 15 is 0 Å². The maximum Gasteiger partial charge on any atom is 0.266 e. The number of halogens is 4. The molecular weight excluding hydrogens is 424 g/mol. The average molecular weight is 434 g/mol. The van der Waals surface area contributed by atoms with Gasteiger partial charge in [-0.15, -0.1) is 15.3 Å². The summed E-state index contributed by atoms with van der Waals surface area (Å²) in [6.45, 7) is 4.49. The Hall–Kier alpha value is 2.35. The van der Waals surface area contributed by atoms with Crippen molar-refractivity contribution in [1.82, 2.24) is 0 Å². The van der Waals surface area contributed by atoms with Crippen LogP contribution in [0.4, 0.5) is 0 Å². The molecule has 0 aromatic heterocycles. The van der Waals surface area contributed by atoms with Crippen molar-refractivity contribution in [2.24, 2.45) is 0 Å². The van der Waals surface area contributed by atoms with E-state index in [-0.39, 0.29) is 0 Å². The minimum Gasteiger partial charge on any atom is -0.126 e. The lowest BCUT2D eigenvalue weighted by Crippen LogP contribution is -2.44. The highest BCUT2D eigenvalue weighted by Crippen LogP contribution is 2.44. The molecule has 0 nitrogen and oxygen atoms in total. The van der Waals surface area contributed by atoms with Crippen molar-refractivity contribution in [2.75, 3.05) is 0 Å². The summed E-state index contributed by atoms with van der Waals surface area (Å²) in [5, 5.41) is 0. The van der Waals surface area contributed by atoms with Crippen molar-refractivity contribution in [2.45, 2.75) is 25.9 Å². The summed E-state index contributed by atoms with van der Waals surface area (Å²) < 4.78 is -1.42. The van der Waals surface area contributed by atoms with Gasteiger partial charge in [-0.05, 0) is 0 Å². The molecule has 0 bridgehead atoms. The first-order valence-electron chi connectivity index (χ1n) is 3.13. The second kappa shape index (κ2) is 4.55. The van der Waals surface area contributed by atoms with Crippen LogP contribution >= 0.6 is 61.2 Å². The summed E-state index contributed by atoms with van der Waals surface area (Å²) in [7, 11) is 0. The molecule has 0 N–H and O–H groups in total. The zero-order chi connectivity index (χ0) is 8.41. The Balaban J connectivity index is 4.33. The second-order valence-corrected chi connectivity index (χ2v) is 45.3. The summed E-state index contributed by atoms with van der Waals surface area (Å²) in [6.07, 6.45) is -1.20. The minimum atomic E-state index is -1.42. The van der Waals surface area contributed by atoms with Gasteiger partial charge in [-0.25, -0.2) is 0 Å². The standard InChI is InChI=1S/C4H10Br4Si2/c1-3-9(5,4-2)10(6,7)8/h3-4H2,1-2H3. The van der Waals surface area contributed by atoms with Crippen LogP contribution in [0.2, 0.25) is 12.1 Å². The Morgan fingerprint density at radius 2 is 1.20 bits per heavy atom. The lowest BCUT2D eigenvalue weighted by molar-refractivity contribution is 1.34. The molecule has 0 unspecified atom stereocenters. The van der Waals surface area contributed by atoms with Crippen molar-refractivity contribution >= 4 is 70.8 Å². The van der Waals surface area contributed by atoms with E-state index in [1.165, 1.54) is 12.1 Å². The zero-order valence-corrected chi connectivity index (χ0v) is 14.3. The summed E-state index contributed by atoms with van der Waals surface area (Å²) >= 11 is 15.0.